The fourth-order valence-electron chi connectivity index (χ4n) is 7.18. The summed E-state index contributed by atoms with van der Waals surface area (Å²) < 4.78 is 3.44. The lowest BCUT2D eigenvalue weighted by molar-refractivity contribution is 1.11. The first kappa shape index (κ1) is 31.1. The van der Waals surface area contributed by atoms with Crippen LogP contribution < -0.4 is 4.90 Å². The van der Waals surface area contributed by atoms with Crippen molar-refractivity contribution in [3.63, 3.8) is 0 Å². The van der Waals surface area contributed by atoms with Gasteiger partial charge in [0.2, 0.25) is 0 Å². The minimum Gasteiger partial charge on any atom is -0.293 e. The van der Waals surface area contributed by atoms with E-state index in [1.807, 2.05) is 29.6 Å². The first-order valence-corrected chi connectivity index (χ1v) is 18.7. The van der Waals surface area contributed by atoms with Crippen LogP contribution in [0.3, 0.4) is 0 Å². The molecule has 0 N–H and O–H groups in total. The van der Waals surface area contributed by atoms with Crippen molar-refractivity contribution in [2.24, 2.45) is 0 Å². The van der Waals surface area contributed by atoms with E-state index in [0.717, 1.165) is 61.5 Å². The number of thiophene rings is 2. The average Bonchev–Trinajstić information content (AvgIpc) is 3.75. The molecule has 3 nitrogen and oxygen atoms in total. The van der Waals surface area contributed by atoms with Crippen LogP contribution >= 0.6 is 22.7 Å². The van der Waals surface area contributed by atoms with Gasteiger partial charge in [-0.3, -0.25) is 4.90 Å². The van der Waals surface area contributed by atoms with E-state index in [-0.39, 0.29) is 0 Å². The molecule has 0 radical (unpaired) electrons. The van der Waals surface area contributed by atoms with Crippen LogP contribution in [0.25, 0.3) is 64.2 Å². The van der Waals surface area contributed by atoms with Crippen molar-refractivity contribution in [1.82, 2.24) is 9.97 Å². The van der Waals surface area contributed by atoms with Crippen molar-refractivity contribution in [1.29, 1.82) is 0 Å². The SMILES string of the molecule is C=C/C=C\C1=C(/C)Cc2ccccc2N(c2nc(-c3cccc(-c4ccccc4)c3)nc3c2sc2ccccc23)C(=C)c2c1sc1ccccc21. The molecule has 0 aliphatic carbocycles. The molecule has 0 unspecified atom stereocenters. The standard InChI is InChI=1S/C46H33N3S2/c1-4-5-21-35-29(2)27-33-18-9-12-24-38(33)49(30(3)41-36-22-10-13-25-39(36)50-43(35)41)46-44-42(37-23-11-14-26-40(37)51-44)47-45(48-46)34-20-15-19-32(28-34)31-16-7-6-8-17-31/h4-26,28H,1,3,27H2,2H3/b21-5-,35-29-. The molecule has 5 heteroatoms. The van der Waals surface area contributed by atoms with Gasteiger partial charge >= 0.3 is 0 Å². The molecular formula is C46H33N3S2. The van der Waals surface area contributed by atoms with Gasteiger partial charge in [-0.15, -0.1) is 22.7 Å². The first-order valence-electron chi connectivity index (χ1n) is 17.0. The highest BCUT2D eigenvalue weighted by Crippen LogP contribution is 2.50. The third-order valence-electron chi connectivity index (χ3n) is 9.59. The maximum absolute atomic E-state index is 5.53. The van der Waals surface area contributed by atoms with E-state index >= 15 is 0 Å². The van der Waals surface area contributed by atoms with E-state index in [4.69, 9.17) is 16.5 Å². The molecule has 51 heavy (non-hydrogen) atoms. The number of fused-ring (bicyclic) bond motifs is 7. The van der Waals surface area contributed by atoms with Gasteiger partial charge in [0, 0.05) is 41.9 Å². The zero-order valence-electron chi connectivity index (χ0n) is 28.1. The summed E-state index contributed by atoms with van der Waals surface area (Å²) in [5, 5.41) is 2.31. The fraction of sp³-hybridized carbons (Fsp3) is 0.0435. The van der Waals surface area contributed by atoms with Gasteiger partial charge in [0.15, 0.2) is 11.6 Å². The van der Waals surface area contributed by atoms with Gasteiger partial charge in [0.05, 0.1) is 15.9 Å². The molecule has 0 fully saturated rings. The Labute approximate surface area is 305 Å². The van der Waals surface area contributed by atoms with Gasteiger partial charge in [-0.2, -0.15) is 0 Å². The van der Waals surface area contributed by atoms with Gasteiger partial charge in [-0.1, -0.05) is 140 Å². The van der Waals surface area contributed by atoms with Crippen LogP contribution in [0.2, 0.25) is 0 Å². The smallest absolute Gasteiger partial charge is 0.162 e. The zero-order chi connectivity index (χ0) is 34.5. The Bertz CT molecular complexity index is 2730. The van der Waals surface area contributed by atoms with Gasteiger partial charge in [-0.05, 0) is 59.9 Å². The number of rotatable bonds is 5. The van der Waals surface area contributed by atoms with Crippen LogP contribution in [-0.2, 0) is 6.42 Å². The number of aromatic nitrogens is 2. The molecule has 0 bridgehead atoms. The molecule has 0 saturated heterocycles. The average molecular weight is 692 g/mol. The fourth-order valence-corrected chi connectivity index (χ4v) is 9.63. The van der Waals surface area contributed by atoms with E-state index in [0.29, 0.717) is 5.82 Å². The Morgan fingerprint density at radius 1 is 0.706 bits per heavy atom. The van der Waals surface area contributed by atoms with Crippen LogP contribution in [0.15, 0.2) is 164 Å². The van der Waals surface area contributed by atoms with Crippen molar-refractivity contribution in [3.8, 4) is 22.5 Å². The summed E-state index contributed by atoms with van der Waals surface area (Å²) in [6.07, 6.45) is 6.87. The molecule has 8 aromatic rings. The summed E-state index contributed by atoms with van der Waals surface area (Å²) in [6, 6.07) is 44.9. The second kappa shape index (κ2) is 12.8. The molecule has 4 heterocycles. The maximum Gasteiger partial charge on any atom is 0.162 e. The Balaban J connectivity index is 1.36. The van der Waals surface area contributed by atoms with Crippen LogP contribution in [0.4, 0.5) is 11.5 Å². The Morgan fingerprint density at radius 3 is 2.22 bits per heavy atom. The number of allylic oxidation sites excluding steroid dienone is 5. The number of para-hydroxylation sites is 1. The molecule has 1 aliphatic heterocycles. The number of hydrogen-bond acceptors (Lipinski definition) is 5. The highest BCUT2D eigenvalue weighted by molar-refractivity contribution is 7.26. The third-order valence-corrected chi connectivity index (χ3v) is 11.9. The highest BCUT2D eigenvalue weighted by atomic mass is 32.1. The lowest BCUT2D eigenvalue weighted by Crippen LogP contribution is -2.18. The molecule has 0 atom stereocenters. The van der Waals surface area contributed by atoms with Crippen LogP contribution in [0.1, 0.15) is 22.9 Å². The number of nitrogens with zero attached hydrogens (tertiary/aromatic N) is 3. The molecule has 0 amide bonds. The Hall–Kier alpha value is -5.88. The van der Waals surface area contributed by atoms with Crippen molar-refractivity contribution in [2.45, 2.75) is 13.3 Å². The predicted octanol–water partition coefficient (Wildman–Crippen LogP) is 13.3. The van der Waals surface area contributed by atoms with Crippen LogP contribution in [0, 0.1) is 0 Å². The highest BCUT2D eigenvalue weighted by Gasteiger charge is 2.30. The van der Waals surface area contributed by atoms with E-state index in [1.54, 1.807) is 11.3 Å². The Kier molecular flexibility index (Phi) is 7.80. The lowest BCUT2D eigenvalue weighted by Gasteiger charge is -2.29. The lowest BCUT2D eigenvalue weighted by atomic mass is 9.97. The molecule has 0 spiro atoms. The van der Waals surface area contributed by atoms with Crippen LogP contribution in [-0.4, -0.2) is 9.97 Å². The van der Waals surface area contributed by atoms with Gasteiger partial charge in [0.1, 0.15) is 0 Å². The molecule has 9 rings (SSSR count). The van der Waals surface area contributed by atoms with Gasteiger partial charge in [-0.25, -0.2) is 9.97 Å². The van der Waals surface area contributed by atoms with Crippen LogP contribution in [0.5, 0.6) is 0 Å². The van der Waals surface area contributed by atoms with E-state index < -0.39 is 0 Å². The normalized spacial score (nSPS) is 14.8. The molecule has 3 aromatic heterocycles. The predicted molar refractivity (Wildman–Crippen MR) is 221 cm³/mol. The van der Waals surface area contributed by atoms with Gasteiger partial charge < -0.3 is 0 Å². The van der Waals surface area contributed by atoms with E-state index in [1.165, 1.54) is 36.4 Å². The summed E-state index contributed by atoms with van der Waals surface area (Å²) in [4.78, 5) is 14.4. The molecule has 5 aromatic carbocycles. The minimum absolute atomic E-state index is 0.684. The van der Waals surface area contributed by atoms with Crippen molar-refractivity contribution < 1.29 is 0 Å². The molecule has 1 aliphatic rings. The summed E-state index contributed by atoms with van der Waals surface area (Å²) >= 11 is 3.56. The van der Waals surface area contributed by atoms with Crippen molar-refractivity contribution >= 4 is 75.8 Å². The molecular weight excluding hydrogens is 659 g/mol. The van der Waals surface area contributed by atoms with Crippen molar-refractivity contribution in [2.75, 3.05) is 4.90 Å². The summed E-state index contributed by atoms with van der Waals surface area (Å²) in [5.74, 6) is 1.52. The number of hydrogen-bond donors (Lipinski definition) is 0. The first-order chi connectivity index (χ1) is 25.1. The topological polar surface area (TPSA) is 29.0 Å². The number of anilines is 2. The summed E-state index contributed by atoms with van der Waals surface area (Å²) in [6.45, 7) is 11.2. The largest absolute Gasteiger partial charge is 0.293 e. The monoisotopic (exact) mass is 691 g/mol. The van der Waals surface area contributed by atoms with Gasteiger partial charge in [0.25, 0.3) is 0 Å². The minimum atomic E-state index is 0.684. The quantitative estimate of drug-likeness (QED) is 0.168. The second-order valence-electron chi connectivity index (χ2n) is 12.8. The number of benzene rings is 5. The zero-order valence-corrected chi connectivity index (χ0v) is 29.8. The van der Waals surface area contributed by atoms with Crippen molar-refractivity contribution in [3.05, 3.63) is 180 Å². The van der Waals surface area contributed by atoms with E-state index in [9.17, 15) is 0 Å². The van der Waals surface area contributed by atoms with E-state index in [2.05, 4.69) is 146 Å². The third kappa shape index (κ3) is 5.34. The Morgan fingerprint density at radius 2 is 1.39 bits per heavy atom. The maximum atomic E-state index is 5.53. The molecule has 244 valence electrons. The summed E-state index contributed by atoms with van der Waals surface area (Å²) in [5.41, 5.74) is 11.0. The second-order valence-corrected chi connectivity index (χ2v) is 14.9. The molecule has 0 saturated carbocycles. The summed E-state index contributed by atoms with van der Waals surface area (Å²) in [7, 11) is 0.